The van der Waals surface area contributed by atoms with Gasteiger partial charge in [0.15, 0.2) is 0 Å². The number of halogens is 1. The summed E-state index contributed by atoms with van der Waals surface area (Å²) in [4.78, 5) is 16.8. The molecule has 1 heterocycles. The maximum absolute atomic E-state index is 13.7. The van der Waals surface area contributed by atoms with Gasteiger partial charge in [-0.1, -0.05) is 12.1 Å². The standard InChI is InChI=1S/C17H17FN4O3S/c1-11(22-10-19-14-5-3-4-6-16(14)22)17(23)20-12-7-8-13(18)15(9-12)21-26(2,24)25/h3-11,21H,1-2H3,(H,20,23)/t11-/m0/s1. The van der Waals surface area contributed by atoms with Crippen molar-refractivity contribution < 1.29 is 17.6 Å². The number of amides is 1. The van der Waals surface area contributed by atoms with Gasteiger partial charge in [0.2, 0.25) is 15.9 Å². The highest BCUT2D eigenvalue weighted by molar-refractivity contribution is 7.92. The molecule has 1 aromatic heterocycles. The molecule has 3 rings (SSSR count). The summed E-state index contributed by atoms with van der Waals surface area (Å²) < 4.78 is 40.1. The topological polar surface area (TPSA) is 93.1 Å². The van der Waals surface area contributed by atoms with Crippen LogP contribution in [0.4, 0.5) is 15.8 Å². The minimum absolute atomic E-state index is 0.231. The van der Waals surface area contributed by atoms with Crippen LogP contribution in [0.25, 0.3) is 11.0 Å². The molecular formula is C17H17FN4O3S. The summed E-state index contributed by atoms with van der Waals surface area (Å²) in [7, 11) is -3.64. The molecule has 1 amide bonds. The Labute approximate surface area is 149 Å². The number of aromatic nitrogens is 2. The van der Waals surface area contributed by atoms with Gasteiger partial charge in [0, 0.05) is 5.69 Å². The van der Waals surface area contributed by atoms with Crippen molar-refractivity contribution in [3.63, 3.8) is 0 Å². The minimum Gasteiger partial charge on any atom is -0.324 e. The van der Waals surface area contributed by atoms with Crippen LogP contribution < -0.4 is 10.0 Å². The number of imidazole rings is 1. The van der Waals surface area contributed by atoms with E-state index in [9.17, 15) is 17.6 Å². The van der Waals surface area contributed by atoms with Gasteiger partial charge in [-0.3, -0.25) is 9.52 Å². The first-order valence-corrected chi connectivity index (χ1v) is 9.63. The number of sulfonamides is 1. The van der Waals surface area contributed by atoms with Gasteiger partial charge < -0.3 is 9.88 Å². The van der Waals surface area contributed by atoms with Gasteiger partial charge in [-0.25, -0.2) is 17.8 Å². The number of carbonyl (C=O) groups is 1. The molecule has 0 aliphatic heterocycles. The van der Waals surface area contributed by atoms with Crippen LogP contribution in [0.5, 0.6) is 0 Å². The van der Waals surface area contributed by atoms with Gasteiger partial charge in [-0.15, -0.1) is 0 Å². The van der Waals surface area contributed by atoms with Crippen molar-refractivity contribution >= 4 is 38.3 Å². The van der Waals surface area contributed by atoms with Gasteiger partial charge in [0.1, 0.15) is 11.9 Å². The van der Waals surface area contributed by atoms with Crippen LogP contribution in [0.3, 0.4) is 0 Å². The SMILES string of the molecule is C[C@@H](C(=O)Nc1ccc(F)c(NS(C)(=O)=O)c1)n1cnc2ccccc21. The van der Waals surface area contributed by atoms with Crippen LogP contribution in [0.15, 0.2) is 48.8 Å². The van der Waals surface area contributed by atoms with Gasteiger partial charge in [-0.2, -0.15) is 0 Å². The molecule has 0 saturated carbocycles. The van der Waals surface area contributed by atoms with Crippen molar-refractivity contribution in [2.45, 2.75) is 13.0 Å². The number of carbonyl (C=O) groups excluding carboxylic acids is 1. The third kappa shape index (κ3) is 3.83. The number of nitrogens with zero attached hydrogens (tertiary/aromatic N) is 2. The number of hydrogen-bond donors (Lipinski definition) is 2. The zero-order valence-corrected chi connectivity index (χ0v) is 14.9. The third-order valence-corrected chi connectivity index (χ3v) is 4.40. The van der Waals surface area contributed by atoms with Crippen LogP contribution in [-0.4, -0.2) is 30.1 Å². The zero-order chi connectivity index (χ0) is 18.9. The van der Waals surface area contributed by atoms with Crippen LogP contribution >= 0.6 is 0 Å². The molecule has 9 heteroatoms. The van der Waals surface area contributed by atoms with Crippen molar-refractivity contribution in [3.05, 3.63) is 54.6 Å². The van der Waals surface area contributed by atoms with E-state index < -0.39 is 21.9 Å². The number of para-hydroxylation sites is 2. The Morgan fingerprint density at radius 2 is 1.96 bits per heavy atom. The second-order valence-electron chi connectivity index (χ2n) is 5.87. The third-order valence-electron chi connectivity index (χ3n) is 3.81. The van der Waals surface area contributed by atoms with Gasteiger partial charge in [0.05, 0.1) is 29.3 Å². The van der Waals surface area contributed by atoms with Gasteiger partial charge >= 0.3 is 0 Å². The fraction of sp³-hybridized carbons (Fsp3) is 0.176. The molecule has 0 bridgehead atoms. The predicted octanol–water partition coefficient (Wildman–Crippen LogP) is 2.75. The van der Waals surface area contributed by atoms with Crippen LogP contribution in [0.2, 0.25) is 0 Å². The zero-order valence-electron chi connectivity index (χ0n) is 14.1. The average molecular weight is 376 g/mol. The second kappa shape index (κ2) is 6.75. The molecule has 1 atom stereocenters. The summed E-state index contributed by atoms with van der Waals surface area (Å²) in [5.74, 6) is -1.08. The Balaban J connectivity index is 1.82. The minimum atomic E-state index is -3.64. The number of rotatable bonds is 5. The molecule has 0 fully saturated rings. The van der Waals surface area contributed by atoms with Crippen LogP contribution in [-0.2, 0) is 14.8 Å². The lowest BCUT2D eigenvalue weighted by Crippen LogP contribution is -2.23. The molecule has 0 saturated heterocycles. The normalized spacial score (nSPS) is 12.7. The molecular weight excluding hydrogens is 359 g/mol. The molecule has 0 aliphatic rings. The summed E-state index contributed by atoms with van der Waals surface area (Å²) in [6.45, 7) is 1.71. The lowest BCUT2D eigenvalue weighted by atomic mass is 10.2. The van der Waals surface area contributed by atoms with Crippen molar-refractivity contribution in [2.24, 2.45) is 0 Å². The van der Waals surface area contributed by atoms with E-state index in [1.165, 1.54) is 12.1 Å². The summed E-state index contributed by atoms with van der Waals surface area (Å²) in [6, 6.07) is 10.5. The first kappa shape index (κ1) is 17.9. The highest BCUT2D eigenvalue weighted by Gasteiger charge is 2.18. The van der Waals surface area contributed by atoms with E-state index in [4.69, 9.17) is 0 Å². The number of fused-ring (bicyclic) bond motifs is 1. The molecule has 3 aromatic rings. The number of nitrogens with one attached hydrogen (secondary N) is 2. The van der Waals surface area contributed by atoms with E-state index in [0.717, 1.165) is 23.4 Å². The Morgan fingerprint density at radius 1 is 1.23 bits per heavy atom. The average Bonchev–Trinajstić information content (AvgIpc) is 3.00. The first-order chi connectivity index (χ1) is 12.2. The molecule has 0 radical (unpaired) electrons. The van der Waals surface area contributed by atoms with Crippen molar-refractivity contribution in [3.8, 4) is 0 Å². The maximum atomic E-state index is 13.7. The summed E-state index contributed by atoms with van der Waals surface area (Å²) in [6.07, 6.45) is 2.50. The molecule has 2 N–H and O–H groups in total. The molecule has 0 aliphatic carbocycles. The lowest BCUT2D eigenvalue weighted by molar-refractivity contribution is -0.118. The Bertz CT molecular complexity index is 1080. The van der Waals surface area contributed by atoms with Crippen LogP contribution in [0.1, 0.15) is 13.0 Å². The van der Waals surface area contributed by atoms with E-state index in [-0.39, 0.29) is 17.3 Å². The number of hydrogen-bond acceptors (Lipinski definition) is 4. The first-order valence-electron chi connectivity index (χ1n) is 7.74. The molecule has 0 unspecified atom stereocenters. The summed E-state index contributed by atoms with van der Waals surface area (Å²) >= 11 is 0. The number of anilines is 2. The smallest absolute Gasteiger partial charge is 0.247 e. The Hall–Kier alpha value is -2.94. The van der Waals surface area contributed by atoms with E-state index in [1.807, 2.05) is 24.3 Å². The molecule has 0 spiro atoms. The molecule has 7 nitrogen and oxygen atoms in total. The monoisotopic (exact) mass is 376 g/mol. The van der Waals surface area contributed by atoms with E-state index in [0.29, 0.717) is 0 Å². The Morgan fingerprint density at radius 3 is 2.69 bits per heavy atom. The maximum Gasteiger partial charge on any atom is 0.247 e. The number of benzene rings is 2. The molecule has 2 aromatic carbocycles. The molecule has 26 heavy (non-hydrogen) atoms. The highest BCUT2D eigenvalue weighted by atomic mass is 32.2. The van der Waals surface area contributed by atoms with Crippen LogP contribution in [0, 0.1) is 5.82 Å². The van der Waals surface area contributed by atoms with Crippen molar-refractivity contribution in [2.75, 3.05) is 16.3 Å². The predicted molar refractivity (Wildman–Crippen MR) is 97.9 cm³/mol. The van der Waals surface area contributed by atoms with Gasteiger partial charge in [-0.05, 0) is 37.3 Å². The summed E-state index contributed by atoms with van der Waals surface area (Å²) in [5.41, 5.74) is 1.63. The quantitative estimate of drug-likeness (QED) is 0.716. The van der Waals surface area contributed by atoms with Crippen molar-refractivity contribution in [1.82, 2.24) is 9.55 Å². The van der Waals surface area contributed by atoms with E-state index in [1.54, 1.807) is 17.8 Å². The largest absolute Gasteiger partial charge is 0.324 e. The lowest BCUT2D eigenvalue weighted by Gasteiger charge is -2.15. The fourth-order valence-electron chi connectivity index (χ4n) is 2.54. The van der Waals surface area contributed by atoms with Gasteiger partial charge in [0.25, 0.3) is 0 Å². The summed E-state index contributed by atoms with van der Waals surface area (Å²) in [5, 5.41) is 2.66. The fourth-order valence-corrected chi connectivity index (χ4v) is 3.10. The highest BCUT2D eigenvalue weighted by Crippen LogP contribution is 2.23. The Kier molecular flexibility index (Phi) is 4.64. The van der Waals surface area contributed by atoms with E-state index in [2.05, 4.69) is 15.0 Å². The van der Waals surface area contributed by atoms with E-state index >= 15 is 0 Å². The molecule has 136 valence electrons. The van der Waals surface area contributed by atoms with Crippen molar-refractivity contribution in [1.29, 1.82) is 0 Å². The second-order valence-corrected chi connectivity index (χ2v) is 7.62.